The van der Waals surface area contributed by atoms with Gasteiger partial charge < -0.3 is 15.4 Å². The molecular weight excluding hydrogens is 354 g/mol. The topological polar surface area (TPSA) is 128 Å². The molecule has 2 amide bonds. The zero-order valence-corrected chi connectivity index (χ0v) is 14.4. The molecule has 0 saturated heterocycles. The van der Waals surface area contributed by atoms with Crippen molar-refractivity contribution in [1.82, 2.24) is 0 Å². The molecular formula is C18H17N3O6. The van der Waals surface area contributed by atoms with Crippen LogP contribution in [-0.2, 0) is 25.5 Å². The Hall–Kier alpha value is -3.75. The zero-order valence-electron chi connectivity index (χ0n) is 14.4. The summed E-state index contributed by atoms with van der Waals surface area (Å²) in [6.45, 7) is 0.862. The highest BCUT2D eigenvalue weighted by molar-refractivity contribution is 5.93. The second-order valence-electron chi connectivity index (χ2n) is 5.53. The highest BCUT2D eigenvalue weighted by atomic mass is 16.6. The number of amides is 2. The van der Waals surface area contributed by atoms with Gasteiger partial charge in [0, 0.05) is 29.9 Å². The van der Waals surface area contributed by atoms with Gasteiger partial charge in [0.2, 0.25) is 5.91 Å². The largest absolute Gasteiger partial charge is 0.455 e. The first-order valence-corrected chi connectivity index (χ1v) is 7.90. The summed E-state index contributed by atoms with van der Waals surface area (Å²) in [7, 11) is 0. The number of carbonyl (C=O) groups excluding carboxylic acids is 3. The fraction of sp³-hybridized carbons (Fsp3) is 0.167. The molecule has 0 aromatic heterocycles. The molecule has 0 heterocycles. The van der Waals surface area contributed by atoms with E-state index in [0.717, 1.165) is 0 Å². The molecule has 0 fully saturated rings. The van der Waals surface area contributed by atoms with Crippen molar-refractivity contribution in [2.45, 2.75) is 13.3 Å². The van der Waals surface area contributed by atoms with Crippen LogP contribution >= 0.6 is 0 Å². The molecule has 2 N–H and O–H groups in total. The van der Waals surface area contributed by atoms with Crippen LogP contribution in [0.1, 0.15) is 12.5 Å². The van der Waals surface area contributed by atoms with E-state index >= 15 is 0 Å². The van der Waals surface area contributed by atoms with Gasteiger partial charge in [0.05, 0.1) is 11.3 Å². The van der Waals surface area contributed by atoms with Gasteiger partial charge in [-0.2, -0.15) is 0 Å². The lowest BCUT2D eigenvalue weighted by atomic mass is 10.1. The van der Waals surface area contributed by atoms with E-state index in [4.69, 9.17) is 4.74 Å². The molecule has 0 radical (unpaired) electrons. The number of esters is 1. The summed E-state index contributed by atoms with van der Waals surface area (Å²) < 4.78 is 4.86. The Morgan fingerprint density at radius 1 is 1.00 bits per heavy atom. The summed E-state index contributed by atoms with van der Waals surface area (Å²) in [5, 5.41) is 16.0. The van der Waals surface area contributed by atoms with Crippen molar-refractivity contribution in [1.29, 1.82) is 0 Å². The first-order chi connectivity index (χ1) is 12.8. The minimum atomic E-state index is -0.750. The van der Waals surface area contributed by atoms with E-state index in [2.05, 4.69) is 10.6 Å². The van der Waals surface area contributed by atoms with Crippen molar-refractivity contribution in [3.63, 3.8) is 0 Å². The van der Waals surface area contributed by atoms with Crippen LogP contribution in [0.4, 0.5) is 17.1 Å². The van der Waals surface area contributed by atoms with Crippen LogP contribution in [-0.4, -0.2) is 29.3 Å². The van der Waals surface area contributed by atoms with E-state index in [9.17, 15) is 24.5 Å². The Morgan fingerprint density at radius 2 is 1.59 bits per heavy atom. The number of nitro groups is 1. The van der Waals surface area contributed by atoms with Crippen molar-refractivity contribution in [3.05, 3.63) is 64.2 Å². The lowest BCUT2D eigenvalue weighted by Crippen LogP contribution is -2.21. The van der Waals surface area contributed by atoms with Gasteiger partial charge in [-0.25, -0.2) is 0 Å². The molecule has 9 heteroatoms. The number of para-hydroxylation sites is 1. The Labute approximate surface area is 154 Å². The van der Waals surface area contributed by atoms with Gasteiger partial charge in [-0.1, -0.05) is 18.2 Å². The van der Waals surface area contributed by atoms with Crippen LogP contribution in [0.25, 0.3) is 0 Å². The summed E-state index contributed by atoms with van der Waals surface area (Å²) >= 11 is 0. The molecule has 0 unspecified atom stereocenters. The number of hydrogen-bond acceptors (Lipinski definition) is 6. The van der Waals surface area contributed by atoms with Crippen LogP contribution in [0.3, 0.4) is 0 Å². The van der Waals surface area contributed by atoms with E-state index in [0.29, 0.717) is 11.4 Å². The molecule has 2 aromatic carbocycles. The molecule has 2 aromatic rings. The Bertz CT molecular complexity index is 864. The monoisotopic (exact) mass is 371 g/mol. The number of hydrogen-bond donors (Lipinski definition) is 2. The fourth-order valence-electron chi connectivity index (χ4n) is 2.23. The molecule has 27 heavy (non-hydrogen) atoms. The quantitative estimate of drug-likeness (QED) is 0.437. The number of carbonyl (C=O) groups is 3. The highest BCUT2D eigenvalue weighted by Crippen LogP contribution is 2.18. The molecule has 0 bridgehead atoms. The van der Waals surface area contributed by atoms with Gasteiger partial charge in [-0.05, 0) is 24.3 Å². The van der Waals surface area contributed by atoms with E-state index in [-0.39, 0.29) is 23.6 Å². The number of benzene rings is 2. The third-order valence-electron chi connectivity index (χ3n) is 3.38. The summed E-state index contributed by atoms with van der Waals surface area (Å²) in [6.07, 6.45) is -0.310. The molecule has 0 aliphatic heterocycles. The molecule has 2 rings (SSSR count). The average molecular weight is 371 g/mol. The maximum Gasteiger partial charge on any atom is 0.311 e. The third kappa shape index (κ3) is 6.24. The van der Waals surface area contributed by atoms with Gasteiger partial charge in [0.1, 0.15) is 0 Å². The second kappa shape index (κ2) is 9.09. The summed E-state index contributed by atoms with van der Waals surface area (Å²) in [5.41, 5.74) is 1.07. The molecule has 140 valence electrons. The van der Waals surface area contributed by atoms with Gasteiger partial charge in [-0.3, -0.25) is 24.5 Å². The van der Waals surface area contributed by atoms with Crippen LogP contribution < -0.4 is 10.6 Å². The van der Waals surface area contributed by atoms with Crippen molar-refractivity contribution >= 4 is 34.8 Å². The normalized spacial score (nSPS) is 9.96. The molecule has 0 saturated carbocycles. The molecule has 0 aliphatic carbocycles. The second-order valence-corrected chi connectivity index (χ2v) is 5.53. The van der Waals surface area contributed by atoms with Crippen LogP contribution in [0, 0.1) is 10.1 Å². The van der Waals surface area contributed by atoms with E-state index in [1.165, 1.54) is 25.1 Å². The first-order valence-electron chi connectivity index (χ1n) is 7.90. The molecule has 0 atom stereocenters. The van der Waals surface area contributed by atoms with Gasteiger partial charge in [-0.15, -0.1) is 0 Å². The minimum Gasteiger partial charge on any atom is -0.455 e. The summed E-state index contributed by atoms with van der Waals surface area (Å²) in [4.78, 5) is 45.0. The van der Waals surface area contributed by atoms with Crippen molar-refractivity contribution in [2.75, 3.05) is 17.2 Å². The summed E-state index contributed by atoms with van der Waals surface area (Å²) in [6, 6.07) is 12.2. The third-order valence-corrected chi connectivity index (χ3v) is 3.38. The number of anilines is 2. The molecule has 0 aliphatic rings. The number of ether oxygens (including phenoxy) is 1. The Kier molecular flexibility index (Phi) is 6.59. The van der Waals surface area contributed by atoms with Gasteiger partial charge in [0.15, 0.2) is 6.61 Å². The van der Waals surface area contributed by atoms with Gasteiger partial charge in [0.25, 0.3) is 11.6 Å². The highest BCUT2D eigenvalue weighted by Gasteiger charge is 2.17. The lowest BCUT2D eigenvalue weighted by Gasteiger charge is -2.08. The SMILES string of the molecule is CC(=O)Nc1ccc(NC(=O)COC(=O)Cc2ccccc2[N+](=O)[O-])cc1. The van der Waals surface area contributed by atoms with Crippen LogP contribution in [0.5, 0.6) is 0 Å². The first kappa shape index (κ1) is 19.6. The van der Waals surface area contributed by atoms with Gasteiger partial charge >= 0.3 is 5.97 Å². The number of rotatable bonds is 7. The van der Waals surface area contributed by atoms with Crippen LogP contribution in [0.2, 0.25) is 0 Å². The summed E-state index contributed by atoms with van der Waals surface area (Å²) in [5.74, 6) is -1.52. The number of nitrogens with one attached hydrogen (secondary N) is 2. The Balaban J connectivity index is 1.84. The van der Waals surface area contributed by atoms with E-state index in [1.807, 2.05) is 0 Å². The predicted octanol–water partition coefficient (Wildman–Crippen LogP) is 2.28. The van der Waals surface area contributed by atoms with Crippen molar-refractivity contribution in [2.24, 2.45) is 0 Å². The average Bonchev–Trinajstić information content (AvgIpc) is 2.61. The number of nitrogens with zero attached hydrogens (tertiary/aromatic N) is 1. The minimum absolute atomic E-state index is 0.182. The maximum atomic E-state index is 11.8. The maximum absolute atomic E-state index is 11.8. The smallest absolute Gasteiger partial charge is 0.311 e. The number of nitro benzene ring substituents is 1. The fourth-order valence-corrected chi connectivity index (χ4v) is 2.23. The van der Waals surface area contributed by atoms with Crippen molar-refractivity contribution in [3.8, 4) is 0 Å². The Morgan fingerprint density at radius 3 is 2.19 bits per heavy atom. The lowest BCUT2D eigenvalue weighted by molar-refractivity contribution is -0.385. The predicted molar refractivity (Wildman–Crippen MR) is 97.1 cm³/mol. The zero-order chi connectivity index (χ0) is 19.8. The molecule has 0 spiro atoms. The van der Waals surface area contributed by atoms with E-state index in [1.54, 1.807) is 30.3 Å². The van der Waals surface area contributed by atoms with E-state index < -0.39 is 23.4 Å². The van der Waals surface area contributed by atoms with Crippen molar-refractivity contribution < 1.29 is 24.0 Å². The standard InChI is InChI=1S/C18H17N3O6/c1-12(22)19-14-6-8-15(9-7-14)20-17(23)11-27-18(24)10-13-4-2-3-5-16(13)21(25)26/h2-9H,10-11H2,1H3,(H,19,22)(H,20,23). The van der Waals surface area contributed by atoms with Crippen LogP contribution in [0.15, 0.2) is 48.5 Å². The molecule has 9 nitrogen and oxygen atoms in total.